The van der Waals surface area contributed by atoms with Gasteiger partial charge in [0.1, 0.15) is 11.6 Å². The SMILES string of the molecule is Cc1ccc(F)c(C(NN)c2cncc(OC(C)C)c2)c1. The summed E-state index contributed by atoms with van der Waals surface area (Å²) < 4.78 is 19.7. The molecule has 0 aliphatic heterocycles. The fourth-order valence-corrected chi connectivity index (χ4v) is 2.18. The van der Waals surface area contributed by atoms with Crippen molar-refractivity contribution in [1.82, 2.24) is 10.4 Å². The highest BCUT2D eigenvalue weighted by Crippen LogP contribution is 2.26. The van der Waals surface area contributed by atoms with E-state index in [1.54, 1.807) is 24.5 Å². The highest BCUT2D eigenvalue weighted by Gasteiger charge is 2.18. The van der Waals surface area contributed by atoms with Gasteiger partial charge in [-0.05, 0) is 38.5 Å². The number of pyridine rings is 1. The average molecular weight is 289 g/mol. The predicted octanol–water partition coefficient (Wildman–Crippen LogP) is 2.87. The van der Waals surface area contributed by atoms with Crippen LogP contribution in [0.5, 0.6) is 5.75 Å². The number of nitrogens with zero attached hydrogens (tertiary/aromatic N) is 1. The van der Waals surface area contributed by atoms with Crippen LogP contribution < -0.4 is 16.0 Å². The molecule has 4 nitrogen and oxygen atoms in total. The molecular formula is C16H20FN3O. The van der Waals surface area contributed by atoms with Crippen molar-refractivity contribution in [3.8, 4) is 5.75 Å². The van der Waals surface area contributed by atoms with Gasteiger partial charge in [-0.1, -0.05) is 17.7 Å². The summed E-state index contributed by atoms with van der Waals surface area (Å²) in [7, 11) is 0. The highest BCUT2D eigenvalue weighted by molar-refractivity contribution is 5.36. The van der Waals surface area contributed by atoms with E-state index in [2.05, 4.69) is 10.4 Å². The number of hydrazine groups is 1. The average Bonchev–Trinajstić information content (AvgIpc) is 2.43. The molecule has 1 aromatic heterocycles. The number of hydrogen-bond donors (Lipinski definition) is 2. The van der Waals surface area contributed by atoms with Gasteiger partial charge in [-0.2, -0.15) is 0 Å². The van der Waals surface area contributed by atoms with Gasteiger partial charge in [0, 0.05) is 11.8 Å². The minimum absolute atomic E-state index is 0.0436. The Labute approximate surface area is 124 Å². The number of nitrogens with two attached hydrogens (primary N) is 1. The number of aryl methyl sites for hydroxylation is 1. The Hall–Kier alpha value is -1.98. The highest BCUT2D eigenvalue weighted by atomic mass is 19.1. The number of benzene rings is 1. The van der Waals surface area contributed by atoms with E-state index in [9.17, 15) is 4.39 Å². The first kappa shape index (κ1) is 15.4. The Kier molecular flexibility index (Phi) is 4.88. The number of nitrogens with one attached hydrogen (secondary N) is 1. The smallest absolute Gasteiger partial charge is 0.138 e. The molecule has 1 atom stereocenters. The van der Waals surface area contributed by atoms with Gasteiger partial charge in [0.15, 0.2) is 0 Å². The van der Waals surface area contributed by atoms with E-state index in [1.807, 2.05) is 26.8 Å². The van der Waals surface area contributed by atoms with Crippen LogP contribution in [0.4, 0.5) is 4.39 Å². The second-order valence-electron chi connectivity index (χ2n) is 5.25. The van der Waals surface area contributed by atoms with Crippen LogP contribution in [0.1, 0.15) is 36.6 Å². The van der Waals surface area contributed by atoms with Crippen LogP contribution in [0, 0.1) is 12.7 Å². The standard InChI is InChI=1S/C16H20FN3O/c1-10(2)21-13-7-12(8-19-9-13)16(20-18)14-6-11(3)4-5-15(14)17/h4-10,16,20H,18H2,1-3H3. The third-order valence-corrected chi connectivity index (χ3v) is 3.07. The zero-order chi connectivity index (χ0) is 15.4. The van der Waals surface area contributed by atoms with Crippen LogP contribution in [0.15, 0.2) is 36.7 Å². The molecule has 0 radical (unpaired) electrons. The van der Waals surface area contributed by atoms with Crippen LogP contribution in [0.3, 0.4) is 0 Å². The Morgan fingerprint density at radius 2 is 2.00 bits per heavy atom. The molecule has 112 valence electrons. The molecule has 1 aromatic carbocycles. The molecular weight excluding hydrogens is 269 g/mol. The van der Waals surface area contributed by atoms with Crippen LogP contribution in [-0.2, 0) is 0 Å². The van der Waals surface area contributed by atoms with E-state index >= 15 is 0 Å². The van der Waals surface area contributed by atoms with Gasteiger partial charge < -0.3 is 4.74 Å². The molecule has 0 bridgehead atoms. The second-order valence-corrected chi connectivity index (χ2v) is 5.25. The lowest BCUT2D eigenvalue weighted by molar-refractivity contribution is 0.241. The van der Waals surface area contributed by atoms with Crippen molar-refractivity contribution in [3.05, 3.63) is 59.2 Å². The minimum Gasteiger partial charge on any atom is -0.489 e. The van der Waals surface area contributed by atoms with Gasteiger partial charge in [-0.25, -0.2) is 9.82 Å². The van der Waals surface area contributed by atoms with Crippen LogP contribution in [0.25, 0.3) is 0 Å². The summed E-state index contributed by atoms with van der Waals surface area (Å²) in [6.45, 7) is 5.78. The summed E-state index contributed by atoms with van der Waals surface area (Å²) >= 11 is 0. The molecule has 0 amide bonds. The molecule has 0 saturated carbocycles. The third kappa shape index (κ3) is 3.77. The van der Waals surface area contributed by atoms with Crippen LogP contribution in [0.2, 0.25) is 0 Å². The number of rotatable bonds is 5. The fourth-order valence-electron chi connectivity index (χ4n) is 2.18. The Balaban J connectivity index is 2.39. The Bertz CT molecular complexity index is 616. The first-order chi connectivity index (χ1) is 10.0. The summed E-state index contributed by atoms with van der Waals surface area (Å²) in [4.78, 5) is 4.14. The molecule has 0 spiro atoms. The van der Waals surface area contributed by atoms with Crippen molar-refractivity contribution in [3.63, 3.8) is 0 Å². The lowest BCUT2D eigenvalue weighted by Gasteiger charge is -2.19. The second kappa shape index (κ2) is 6.65. The molecule has 3 N–H and O–H groups in total. The van der Waals surface area contributed by atoms with Crippen molar-refractivity contribution < 1.29 is 9.13 Å². The van der Waals surface area contributed by atoms with E-state index in [-0.39, 0.29) is 11.9 Å². The lowest BCUT2D eigenvalue weighted by Crippen LogP contribution is -2.29. The molecule has 1 unspecified atom stereocenters. The van der Waals surface area contributed by atoms with Crippen molar-refractivity contribution in [2.75, 3.05) is 0 Å². The molecule has 2 rings (SSSR count). The zero-order valence-electron chi connectivity index (χ0n) is 12.4. The molecule has 5 heteroatoms. The topological polar surface area (TPSA) is 60.2 Å². The third-order valence-electron chi connectivity index (χ3n) is 3.07. The normalized spacial score (nSPS) is 12.5. The van der Waals surface area contributed by atoms with Crippen LogP contribution >= 0.6 is 0 Å². The van der Waals surface area contributed by atoms with Gasteiger partial charge in [-0.3, -0.25) is 10.8 Å². The van der Waals surface area contributed by atoms with Crippen molar-refractivity contribution in [2.45, 2.75) is 32.9 Å². The molecule has 0 fully saturated rings. The summed E-state index contributed by atoms with van der Waals surface area (Å²) in [6.07, 6.45) is 3.32. The quantitative estimate of drug-likeness (QED) is 0.656. The molecule has 0 saturated heterocycles. The predicted molar refractivity (Wildman–Crippen MR) is 80.3 cm³/mol. The van der Waals surface area contributed by atoms with Gasteiger partial charge in [0.05, 0.1) is 18.3 Å². The molecule has 0 aliphatic rings. The van der Waals surface area contributed by atoms with E-state index in [0.717, 1.165) is 11.1 Å². The summed E-state index contributed by atoms with van der Waals surface area (Å²) in [6, 6.07) is 6.28. The summed E-state index contributed by atoms with van der Waals surface area (Å²) in [5.41, 5.74) is 4.85. The Morgan fingerprint density at radius 1 is 1.24 bits per heavy atom. The van der Waals surface area contributed by atoms with E-state index < -0.39 is 6.04 Å². The number of halogens is 1. The maximum atomic E-state index is 14.1. The molecule has 0 aliphatic carbocycles. The first-order valence-electron chi connectivity index (χ1n) is 6.85. The van der Waals surface area contributed by atoms with E-state index in [4.69, 9.17) is 10.6 Å². The van der Waals surface area contributed by atoms with Crippen molar-refractivity contribution >= 4 is 0 Å². The van der Waals surface area contributed by atoms with Crippen LogP contribution in [-0.4, -0.2) is 11.1 Å². The lowest BCUT2D eigenvalue weighted by atomic mass is 9.98. The molecule has 21 heavy (non-hydrogen) atoms. The number of hydrogen-bond acceptors (Lipinski definition) is 4. The van der Waals surface area contributed by atoms with E-state index in [1.165, 1.54) is 6.07 Å². The van der Waals surface area contributed by atoms with Gasteiger partial charge in [0.2, 0.25) is 0 Å². The maximum absolute atomic E-state index is 14.1. The van der Waals surface area contributed by atoms with Crippen molar-refractivity contribution in [1.29, 1.82) is 0 Å². The maximum Gasteiger partial charge on any atom is 0.138 e. The summed E-state index contributed by atoms with van der Waals surface area (Å²) in [5, 5.41) is 0. The molecule has 2 aromatic rings. The fraction of sp³-hybridized carbons (Fsp3) is 0.312. The first-order valence-corrected chi connectivity index (χ1v) is 6.85. The monoisotopic (exact) mass is 289 g/mol. The largest absolute Gasteiger partial charge is 0.489 e. The number of ether oxygens (including phenoxy) is 1. The minimum atomic E-state index is -0.479. The molecule has 1 heterocycles. The summed E-state index contributed by atoms with van der Waals surface area (Å²) in [5.74, 6) is 5.95. The van der Waals surface area contributed by atoms with Gasteiger partial charge in [-0.15, -0.1) is 0 Å². The zero-order valence-corrected chi connectivity index (χ0v) is 12.4. The Morgan fingerprint density at radius 3 is 2.67 bits per heavy atom. The van der Waals surface area contributed by atoms with Gasteiger partial charge >= 0.3 is 0 Å². The number of aromatic nitrogens is 1. The van der Waals surface area contributed by atoms with E-state index in [0.29, 0.717) is 11.3 Å². The van der Waals surface area contributed by atoms with Crippen molar-refractivity contribution in [2.24, 2.45) is 5.84 Å². The van der Waals surface area contributed by atoms with Gasteiger partial charge in [0.25, 0.3) is 0 Å².